The van der Waals surface area contributed by atoms with E-state index in [1.54, 1.807) is 42.5 Å². The van der Waals surface area contributed by atoms with Crippen molar-refractivity contribution in [3.05, 3.63) is 91.8 Å². The molecule has 0 aliphatic carbocycles. The minimum Gasteiger partial charge on any atom is -0.436 e. The van der Waals surface area contributed by atoms with Crippen molar-refractivity contribution in [3.8, 4) is 0 Å². The molecule has 2 N–H and O–H groups in total. The first-order chi connectivity index (χ1) is 17.8. The second kappa shape index (κ2) is 9.92. The van der Waals surface area contributed by atoms with Crippen molar-refractivity contribution in [1.29, 1.82) is 0 Å². The van der Waals surface area contributed by atoms with Crippen molar-refractivity contribution in [2.24, 2.45) is 0 Å². The number of thiophene rings is 1. The molecule has 1 fully saturated rings. The first-order valence-electron chi connectivity index (χ1n) is 11.4. The first kappa shape index (κ1) is 24.9. The minimum absolute atomic E-state index is 0.0712. The number of benzene rings is 2. The zero-order chi connectivity index (χ0) is 26.2. The summed E-state index contributed by atoms with van der Waals surface area (Å²) in [5.74, 6) is -1.36. The molecule has 1 saturated heterocycles. The van der Waals surface area contributed by atoms with Gasteiger partial charge in [-0.3, -0.25) is 19.7 Å². The molecule has 2 aromatic carbocycles. The fourth-order valence-electron chi connectivity index (χ4n) is 4.61. The van der Waals surface area contributed by atoms with Gasteiger partial charge in [0.05, 0.1) is 15.5 Å². The molecule has 2 aliphatic rings. The van der Waals surface area contributed by atoms with Crippen LogP contribution in [0.25, 0.3) is 0 Å². The SMILES string of the molecule is O=C(N[C@@H](Cc1ccccc1)C(=O)N1C(=O)OC2(CCNC2)c2cc(Cl)ccc21)c1ccc([N+](=O)[O-])s1. The maximum absolute atomic E-state index is 13.9. The normalized spacial score (nSPS) is 19.3. The lowest BCUT2D eigenvalue weighted by Gasteiger charge is -2.40. The molecule has 5 rings (SSSR count). The van der Waals surface area contributed by atoms with Crippen LogP contribution >= 0.6 is 22.9 Å². The van der Waals surface area contributed by atoms with Gasteiger partial charge in [0.15, 0.2) is 5.60 Å². The molecule has 1 unspecified atom stereocenters. The van der Waals surface area contributed by atoms with Crippen LogP contribution in [0.1, 0.15) is 27.2 Å². The van der Waals surface area contributed by atoms with E-state index >= 15 is 0 Å². The van der Waals surface area contributed by atoms with E-state index in [0.29, 0.717) is 47.1 Å². The maximum Gasteiger partial charge on any atom is 0.422 e. The van der Waals surface area contributed by atoms with Gasteiger partial charge in [-0.25, -0.2) is 9.69 Å². The Morgan fingerprint density at radius 1 is 1.22 bits per heavy atom. The number of nitrogens with one attached hydrogen (secondary N) is 2. The molecular formula is C25H21ClN4O6S. The second-order valence-electron chi connectivity index (χ2n) is 8.73. The molecule has 1 spiro atoms. The predicted molar refractivity (Wildman–Crippen MR) is 137 cm³/mol. The number of imide groups is 1. The summed E-state index contributed by atoms with van der Waals surface area (Å²) in [5.41, 5.74) is 0.754. The number of fused-ring (bicyclic) bond motifs is 2. The number of hydrogen-bond acceptors (Lipinski definition) is 8. The lowest BCUT2D eigenvalue weighted by atomic mass is 9.89. The summed E-state index contributed by atoms with van der Waals surface area (Å²) >= 11 is 6.96. The molecule has 2 aliphatic heterocycles. The van der Waals surface area contributed by atoms with Crippen LogP contribution < -0.4 is 15.5 Å². The largest absolute Gasteiger partial charge is 0.436 e. The summed E-state index contributed by atoms with van der Waals surface area (Å²) in [5, 5.41) is 17.1. The zero-order valence-electron chi connectivity index (χ0n) is 19.3. The van der Waals surface area contributed by atoms with Crippen LogP contribution in [0.5, 0.6) is 0 Å². The number of carbonyl (C=O) groups excluding carboxylic acids is 3. The van der Waals surface area contributed by atoms with Gasteiger partial charge in [-0.05, 0) is 36.4 Å². The van der Waals surface area contributed by atoms with Gasteiger partial charge in [0, 0.05) is 36.0 Å². The maximum atomic E-state index is 13.9. The van der Waals surface area contributed by atoms with Gasteiger partial charge in [-0.15, -0.1) is 0 Å². The van der Waals surface area contributed by atoms with Crippen LogP contribution in [-0.2, 0) is 21.6 Å². The first-order valence-corrected chi connectivity index (χ1v) is 12.6. The Morgan fingerprint density at radius 3 is 2.68 bits per heavy atom. The van der Waals surface area contributed by atoms with Crippen molar-refractivity contribution >= 4 is 51.5 Å². The third kappa shape index (κ3) is 4.80. The fraction of sp³-hybridized carbons (Fsp3) is 0.240. The molecule has 3 aromatic rings. The lowest BCUT2D eigenvalue weighted by molar-refractivity contribution is -0.380. The number of ether oxygens (including phenoxy) is 1. The van der Waals surface area contributed by atoms with Gasteiger partial charge < -0.3 is 15.4 Å². The average molecular weight is 541 g/mol. The Bertz CT molecular complexity index is 1390. The second-order valence-corrected chi connectivity index (χ2v) is 10.2. The summed E-state index contributed by atoms with van der Waals surface area (Å²) in [6.07, 6.45) is -0.240. The van der Waals surface area contributed by atoms with Crippen molar-refractivity contribution in [2.45, 2.75) is 24.5 Å². The monoisotopic (exact) mass is 540 g/mol. The number of anilines is 1. The molecule has 37 heavy (non-hydrogen) atoms. The van der Waals surface area contributed by atoms with Crippen LogP contribution in [-0.4, -0.2) is 42.0 Å². The quantitative estimate of drug-likeness (QED) is 0.356. The Labute approximate surface area is 220 Å². The van der Waals surface area contributed by atoms with Crippen molar-refractivity contribution in [3.63, 3.8) is 0 Å². The van der Waals surface area contributed by atoms with Crippen molar-refractivity contribution in [2.75, 3.05) is 18.0 Å². The Balaban J connectivity index is 1.50. The number of nitrogens with zero attached hydrogens (tertiary/aromatic N) is 2. The summed E-state index contributed by atoms with van der Waals surface area (Å²) in [4.78, 5) is 51.7. The topological polar surface area (TPSA) is 131 Å². The molecule has 10 nitrogen and oxygen atoms in total. The number of nitro groups is 1. The van der Waals surface area contributed by atoms with E-state index in [9.17, 15) is 24.5 Å². The molecule has 3 heterocycles. The lowest BCUT2D eigenvalue weighted by Crippen LogP contribution is -2.56. The number of amides is 3. The molecule has 0 saturated carbocycles. The van der Waals surface area contributed by atoms with E-state index in [4.69, 9.17) is 16.3 Å². The van der Waals surface area contributed by atoms with Crippen LogP contribution in [0.2, 0.25) is 5.02 Å². The highest BCUT2D eigenvalue weighted by Crippen LogP contribution is 2.44. The number of halogens is 1. The minimum atomic E-state index is -1.16. The Kier molecular flexibility index (Phi) is 6.67. The Hall–Kier alpha value is -3.80. The highest BCUT2D eigenvalue weighted by atomic mass is 35.5. The van der Waals surface area contributed by atoms with Crippen LogP contribution in [0.4, 0.5) is 15.5 Å². The van der Waals surface area contributed by atoms with Crippen molar-refractivity contribution in [1.82, 2.24) is 10.6 Å². The standard InChI is InChI=1S/C25H21ClN4O6S/c26-16-6-7-19-17(13-16)25(10-11-27-14-25)36-24(33)29(19)23(32)18(12-15-4-2-1-3-5-15)28-22(31)20-8-9-21(37-20)30(34)35/h1-9,13,18,27H,10-12,14H2,(H,28,31)/t18-,25?/m0/s1. The van der Waals surface area contributed by atoms with Crippen LogP contribution in [0.3, 0.4) is 0 Å². The van der Waals surface area contributed by atoms with Gasteiger partial charge in [0.1, 0.15) is 6.04 Å². The van der Waals surface area contributed by atoms with Gasteiger partial charge in [-0.2, -0.15) is 0 Å². The zero-order valence-corrected chi connectivity index (χ0v) is 20.9. The van der Waals surface area contributed by atoms with Gasteiger partial charge in [-0.1, -0.05) is 53.3 Å². The average Bonchev–Trinajstić information content (AvgIpc) is 3.56. The van der Waals surface area contributed by atoms with E-state index in [2.05, 4.69) is 10.6 Å². The molecular weight excluding hydrogens is 520 g/mol. The third-order valence-electron chi connectivity index (χ3n) is 6.37. The van der Waals surface area contributed by atoms with Crippen LogP contribution in [0, 0.1) is 10.1 Å². The molecule has 0 bridgehead atoms. The summed E-state index contributed by atoms with van der Waals surface area (Å²) < 4.78 is 5.83. The molecule has 3 amide bonds. The van der Waals surface area contributed by atoms with Gasteiger partial charge >= 0.3 is 11.1 Å². The molecule has 12 heteroatoms. The predicted octanol–water partition coefficient (Wildman–Crippen LogP) is 4.02. The third-order valence-corrected chi connectivity index (χ3v) is 7.64. The fourth-order valence-corrected chi connectivity index (χ4v) is 5.51. The van der Waals surface area contributed by atoms with E-state index < -0.39 is 34.5 Å². The van der Waals surface area contributed by atoms with E-state index in [1.807, 2.05) is 6.07 Å². The van der Waals surface area contributed by atoms with E-state index in [-0.39, 0.29) is 16.3 Å². The summed E-state index contributed by atoms with van der Waals surface area (Å²) in [6, 6.07) is 15.3. The highest BCUT2D eigenvalue weighted by molar-refractivity contribution is 7.17. The number of rotatable bonds is 6. The highest BCUT2D eigenvalue weighted by Gasteiger charge is 2.49. The van der Waals surface area contributed by atoms with E-state index in [0.717, 1.165) is 10.5 Å². The summed E-state index contributed by atoms with van der Waals surface area (Å²) in [7, 11) is 0. The molecule has 0 radical (unpaired) electrons. The van der Waals surface area contributed by atoms with Gasteiger partial charge in [0.25, 0.3) is 11.8 Å². The Morgan fingerprint density at radius 2 is 2.00 bits per heavy atom. The number of carbonyl (C=O) groups is 3. The van der Waals surface area contributed by atoms with Crippen molar-refractivity contribution < 1.29 is 24.0 Å². The number of hydrogen-bond donors (Lipinski definition) is 2. The molecule has 1 aromatic heterocycles. The molecule has 2 atom stereocenters. The van der Waals surface area contributed by atoms with Gasteiger partial charge in [0.2, 0.25) is 0 Å². The smallest absolute Gasteiger partial charge is 0.422 e. The summed E-state index contributed by atoms with van der Waals surface area (Å²) in [6.45, 7) is 1.02. The van der Waals surface area contributed by atoms with E-state index in [1.165, 1.54) is 12.1 Å². The molecule has 190 valence electrons. The van der Waals surface area contributed by atoms with Crippen LogP contribution in [0.15, 0.2) is 60.7 Å².